The molecule has 0 aliphatic heterocycles. The largest absolute Gasteiger partial charge is 0.444 e. The van der Waals surface area contributed by atoms with Crippen LogP contribution in [0.25, 0.3) is 0 Å². The molecule has 0 spiro atoms. The van der Waals surface area contributed by atoms with Crippen molar-refractivity contribution in [2.75, 3.05) is 13.5 Å². The molecular weight excluding hydrogens is 294 g/mol. The molecule has 1 rings (SSSR count). The van der Waals surface area contributed by atoms with Crippen molar-refractivity contribution in [2.24, 2.45) is 0 Å². The van der Waals surface area contributed by atoms with Gasteiger partial charge in [0.2, 0.25) is 0 Å². The summed E-state index contributed by atoms with van der Waals surface area (Å²) in [7, 11) is 0. The summed E-state index contributed by atoms with van der Waals surface area (Å²) < 4.78 is 28.5. The SMILES string of the molecule is [2H]C([2H])([2H])N(CCc1ccccc1Br)C(=O)OC(C)(C)C. The lowest BCUT2D eigenvalue weighted by Crippen LogP contribution is -2.35. The summed E-state index contributed by atoms with van der Waals surface area (Å²) in [5.74, 6) is 0. The third-order valence-electron chi connectivity index (χ3n) is 2.18. The topological polar surface area (TPSA) is 29.5 Å². The third kappa shape index (κ3) is 5.08. The predicted molar refractivity (Wildman–Crippen MR) is 76.7 cm³/mol. The molecule has 0 radical (unpaired) electrons. The molecule has 0 aromatic heterocycles. The van der Waals surface area contributed by atoms with Gasteiger partial charge >= 0.3 is 6.09 Å². The molecule has 100 valence electrons. The molecule has 3 nitrogen and oxygen atoms in total. The van der Waals surface area contributed by atoms with E-state index in [1.54, 1.807) is 20.8 Å². The number of likely N-dealkylation sites (N-methyl/N-ethyl adjacent to an activating group) is 1. The summed E-state index contributed by atoms with van der Waals surface area (Å²) in [5.41, 5.74) is 0.212. The molecule has 18 heavy (non-hydrogen) atoms. The molecular formula is C14H20BrNO2. The average Bonchev–Trinajstić information content (AvgIpc) is 2.27. The molecule has 0 aliphatic rings. The van der Waals surface area contributed by atoms with Crippen molar-refractivity contribution in [3.8, 4) is 0 Å². The van der Waals surface area contributed by atoms with Crippen molar-refractivity contribution in [1.82, 2.24) is 4.90 Å². The highest BCUT2D eigenvalue weighted by atomic mass is 79.9. The van der Waals surface area contributed by atoms with E-state index in [0.29, 0.717) is 6.42 Å². The van der Waals surface area contributed by atoms with Gasteiger partial charge in [-0.2, -0.15) is 0 Å². The van der Waals surface area contributed by atoms with Gasteiger partial charge < -0.3 is 9.64 Å². The van der Waals surface area contributed by atoms with Crippen LogP contribution in [-0.4, -0.2) is 30.1 Å². The number of hydrogen-bond donors (Lipinski definition) is 0. The first-order valence-corrected chi connectivity index (χ1v) is 6.54. The van der Waals surface area contributed by atoms with Crippen molar-refractivity contribution >= 4 is 22.0 Å². The van der Waals surface area contributed by atoms with Gasteiger partial charge in [0, 0.05) is 22.1 Å². The zero-order chi connectivity index (χ0) is 16.3. The van der Waals surface area contributed by atoms with Crippen LogP contribution in [0, 0.1) is 0 Å². The fourth-order valence-electron chi connectivity index (χ4n) is 1.34. The second-order valence-electron chi connectivity index (χ2n) is 4.97. The van der Waals surface area contributed by atoms with Crippen LogP contribution in [0.15, 0.2) is 28.7 Å². The molecule has 1 aromatic rings. The first-order chi connectivity index (χ1) is 9.50. The minimum atomic E-state index is -2.52. The molecule has 0 aliphatic carbocycles. The summed E-state index contributed by atoms with van der Waals surface area (Å²) in [6.07, 6.45) is -0.395. The standard InChI is InChI=1S/C14H20BrNO2/c1-14(2,3)18-13(17)16(4)10-9-11-7-5-6-8-12(11)15/h5-8H,9-10H2,1-4H3/i4D3. The maximum atomic E-state index is 12.0. The van der Waals surface area contributed by atoms with Gasteiger partial charge in [-0.25, -0.2) is 4.79 Å². The van der Waals surface area contributed by atoms with Crippen molar-refractivity contribution < 1.29 is 13.6 Å². The Kier molecular flexibility index (Phi) is 3.76. The molecule has 0 unspecified atom stereocenters. The maximum Gasteiger partial charge on any atom is 0.410 e. The van der Waals surface area contributed by atoms with E-state index in [9.17, 15) is 4.79 Å². The van der Waals surface area contributed by atoms with E-state index >= 15 is 0 Å². The highest BCUT2D eigenvalue weighted by Gasteiger charge is 2.19. The lowest BCUT2D eigenvalue weighted by atomic mass is 10.1. The maximum absolute atomic E-state index is 12.0. The van der Waals surface area contributed by atoms with Gasteiger partial charge in [0.05, 0.1) is 0 Å². The summed E-state index contributed by atoms with van der Waals surface area (Å²) in [5, 5.41) is 0. The minimum absolute atomic E-state index is 0.0635. The smallest absolute Gasteiger partial charge is 0.410 e. The average molecular weight is 317 g/mol. The van der Waals surface area contributed by atoms with Gasteiger partial charge in [0.15, 0.2) is 0 Å². The molecule has 0 bridgehead atoms. The van der Waals surface area contributed by atoms with Crippen molar-refractivity contribution in [2.45, 2.75) is 32.8 Å². The monoisotopic (exact) mass is 316 g/mol. The van der Waals surface area contributed by atoms with E-state index in [1.165, 1.54) is 0 Å². The Hall–Kier alpha value is -1.03. The molecule has 0 atom stereocenters. The van der Waals surface area contributed by atoms with Crippen molar-refractivity contribution in [1.29, 1.82) is 0 Å². The number of carbonyl (C=O) groups excluding carboxylic acids is 1. The van der Waals surface area contributed by atoms with Gasteiger partial charge in [-0.3, -0.25) is 0 Å². The number of hydrogen-bond acceptors (Lipinski definition) is 2. The Morgan fingerprint density at radius 1 is 1.44 bits per heavy atom. The molecule has 0 fully saturated rings. The lowest BCUT2D eigenvalue weighted by molar-refractivity contribution is 0.0300. The third-order valence-corrected chi connectivity index (χ3v) is 2.95. The van der Waals surface area contributed by atoms with E-state index in [1.807, 2.05) is 24.3 Å². The van der Waals surface area contributed by atoms with Crippen LogP contribution >= 0.6 is 15.9 Å². The fourth-order valence-corrected chi connectivity index (χ4v) is 1.82. The highest BCUT2D eigenvalue weighted by molar-refractivity contribution is 9.10. The number of ether oxygens (including phenoxy) is 1. The van der Waals surface area contributed by atoms with Crippen LogP contribution < -0.4 is 0 Å². The number of amides is 1. The van der Waals surface area contributed by atoms with Crippen molar-refractivity contribution in [3.05, 3.63) is 34.3 Å². The minimum Gasteiger partial charge on any atom is -0.444 e. The number of rotatable bonds is 3. The van der Waals surface area contributed by atoms with Crippen LogP contribution in [0.5, 0.6) is 0 Å². The van der Waals surface area contributed by atoms with Gasteiger partial charge in [0.25, 0.3) is 0 Å². The zero-order valence-corrected chi connectivity index (χ0v) is 12.5. The van der Waals surface area contributed by atoms with E-state index in [4.69, 9.17) is 8.85 Å². The Bertz CT molecular complexity index is 498. The quantitative estimate of drug-likeness (QED) is 0.847. The van der Waals surface area contributed by atoms with E-state index < -0.39 is 18.7 Å². The van der Waals surface area contributed by atoms with Crippen LogP contribution in [0.3, 0.4) is 0 Å². The van der Waals surface area contributed by atoms with E-state index in [-0.39, 0.29) is 6.54 Å². The molecule has 1 amide bonds. The molecule has 1 aromatic carbocycles. The second kappa shape index (κ2) is 6.23. The first-order valence-electron chi connectivity index (χ1n) is 7.25. The van der Waals surface area contributed by atoms with Crippen LogP contribution in [-0.2, 0) is 11.2 Å². The summed E-state index contributed by atoms with van der Waals surface area (Å²) >= 11 is 3.41. The Labute approximate surface area is 121 Å². The van der Waals surface area contributed by atoms with Gasteiger partial charge in [-0.15, -0.1) is 0 Å². The van der Waals surface area contributed by atoms with E-state index in [2.05, 4.69) is 15.9 Å². The normalized spacial score (nSPS) is 14.3. The van der Waals surface area contributed by atoms with Gasteiger partial charge in [-0.1, -0.05) is 34.1 Å². The predicted octanol–water partition coefficient (Wildman–Crippen LogP) is 3.86. The number of nitrogens with zero attached hydrogens (tertiary/aromatic N) is 1. The molecule has 0 saturated carbocycles. The highest BCUT2D eigenvalue weighted by Crippen LogP contribution is 2.17. The van der Waals surface area contributed by atoms with Crippen LogP contribution in [0.4, 0.5) is 4.79 Å². The molecule has 4 heteroatoms. The number of halogens is 1. The summed E-state index contributed by atoms with van der Waals surface area (Å²) in [6, 6.07) is 7.51. The first kappa shape index (κ1) is 10.9. The number of benzene rings is 1. The van der Waals surface area contributed by atoms with Gasteiger partial charge in [0.1, 0.15) is 5.60 Å². The van der Waals surface area contributed by atoms with Crippen LogP contribution in [0.2, 0.25) is 0 Å². The summed E-state index contributed by atoms with van der Waals surface area (Å²) in [4.78, 5) is 12.8. The Morgan fingerprint density at radius 2 is 2.11 bits per heavy atom. The van der Waals surface area contributed by atoms with Crippen LogP contribution in [0.1, 0.15) is 30.4 Å². The van der Waals surface area contributed by atoms with Crippen molar-refractivity contribution in [3.63, 3.8) is 0 Å². The fraction of sp³-hybridized carbons (Fsp3) is 0.500. The Morgan fingerprint density at radius 3 is 2.67 bits per heavy atom. The van der Waals surface area contributed by atoms with E-state index in [0.717, 1.165) is 14.9 Å². The Balaban J connectivity index is 2.81. The molecule has 0 N–H and O–H groups in total. The second-order valence-corrected chi connectivity index (χ2v) is 5.83. The molecule has 0 heterocycles. The number of carbonyl (C=O) groups is 1. The zero-order valence-electron chi connectivity index (χ0n) is 13.9. The lowest BCUT2D eigenvalue weighted by Gasteiger charge is -2.24. The van der Waals surface area contributed by atoms with Gasteiger partial charge in [-0.05, 0) is 38.8 Å². The molecule has 0 saturated heterocycles. The summed E-state index contributed by atoms with van der Waals surface area (Å²) in [6.45, 7) is 2.65.